The Balaban J connectivity index is 1.32. The highest BCUT2D eigenvalue weighted by molar-refractivity contribution is 5.68. The van der Waals surface area contributed by atoms with Gasteiger partial charge in [-0.05, 0) is 74.1 Å². The fourth-order valence-corrected chi connectivity index (χ4v) is 4.92. The van der Waals surface area contributed by atoms with Crippen molar-refractivity contribution in [2.24, 2.45) is 5.92 Å². The van der Waals surface area contributed by atoms with Crippen LogP contribution in [0, 0.1) is 29.2 Å². The largest absolute Gasteiger partial charge is 0.241 e. The standard InChI is InChI=1S/C29H28F6N2/c1-2-3-23(30)28(34)19-9-10-22(24(31)12-19)21-15-36-27(37-16-21)11-6-17-4-7-18(8-5-17)20-13-25(32)29(35)26(33)14-20/h9-10,12-18H,2-8,11H2,1H3. The van der Waals surface area contributed by atoms with E-state index in [1.807, 2.05) is 0 Å². The molecule has 0 radical (unpaired) electrons. The molecular weight excluding hydrogens is 490 g/mol. The van der Waals surface area contributed by atoms with Gasteiger partial charge in [-0.25, -0.2) is 36.3 Å². The van der Waals surface area contributed by atoms with Crippen LogP contribution in [0.5, 0.6) is 0 Å². The van der Waals surface area contributed by atoms with Gasteiger partial charge in [0, 0.05) is 41.9 Å². The van der Waals surface area contributed by atoms with Gasteiger partial charge >= 0.3 is 0 Å². The van der Waals surface area contributed by atoms with Crippen molar-refractivity contribution in [1.82, 2.24) is 9.97 Å². The second-order valence-corrected chi connectivity index (χ2v) is 9.61. The minimum atomic E-state index is -1.44. The number of aryl methyl sites for hydroxylation is 1. The molecule has 0 aliphatic heterocycles. The van der Waals surface area contributed by atoms with Crippen molar-refractivity contribution in [1.29, 1.82) is 0 Å². The lowest BCUT2D eigenvalue weighted by Gasteiger charge is -2.28. The number of halogens is 6. The topological polar surface area (TPSA) is 25.8 Å². The molecule has 3 aromatic rings. The predicted octanol–water partition coefficient (Wildman–Crippen LogP) is 9.01. The Morgan fingerprint density at radius 2 is 1.51 bits per heavy atom. The molecule has 0 unspecified atom stereocenters. The van der Waals surface area contributed by atoms with Gasteiger partial charge < -0.3 is 0 Å². The number of nitrogens with zero attached hydrogens (tertiary/aromatic N) is 2. The molecule has 0 N–H and O–H groups in total. The van der Waals surface area contributed by atoms with Gasteiger partial charge in [0.15, 0.2) is 23.3 Å². The summed E-state index contributed by atoms with van der Waals surface area (Å²) in [7, 11) is 0. The molecule has 0 saturated heterocycles. The van der Waals surface area contributed by atoms with Gasteiger partial charge in [-0.3, -0.25) is 0 Å². The Morgan fingerprint density at radius 1 is 0.865 bits per heavy atom. The third-order valence-corrected chi connectivity index (χ3v) is 7.05. The van der Waals surface area contributed by atoms with Gasteiger partial charge in [-0.1, -0.05) is 19.1 Å². The van der Waals surface area contributed by atoms with Crippen LogP contribution in [0.1, 0.15) is 74.7 Å². The highest BCUT2D eigenvalue weighted by Crippen LogP contribution is 2.38. The molecule has 2 nitrogen and oxygen atoms in total. The molecule has 196 valence electrons. The third kappa shape index (κ3) is 6.40. The van der Waals surface area contributed by atoms with Crippen LogP contribution in [0.25, 0.3) is 17.0 Å². The number of rotatable bonds is 8. The predicted molar refractivity (Wildman–Crippen MR) is 131 cm³/mol. The fourth-order valence-electron chi connectivity index (χ4n) is 4.92. The van der Waals surface area contributed by atoms with Crippen molar-refractivity contribution >= 4 is 5.83 Å². The second kappa shape index (κ2) is 11.9. The van der Waals surface area contributed by atoms with Crippen molar-refractivity contribution in [3.8, 4) is 11.1 Å². The molecule has 0 spiro atoms. The maximum absolute atomic E-state index is 14.6. The zero-order valence-corrected chi connectivity index (χ0v) is 20.5. The maximum Gasteiger partial charge on any atom is 0.194 e. The lowest BCUT2D eigenvalue weighted by atomic mass is 9.77. The first-order chi connectivity index (χ1) is 17.8. The van der Waals surface area contributed by atoms with Crippen LogP contribution >= 0.6 is 0 Å². The summed E-state index contributed by atoms with van der Waals surface area (Å²) in [5, 5.41) is 0. The highest BCUT2D eigenvalue weighted by Gasteiger charge is 2.24. The zero-order valence-electron chi connectivity index (χ0n) is 20.5. The minimum Gasteiger partial charge on any atom is -0.241 e. The van der Waals surface area contributed by atoms with Gasteiger partial charge in [0.1, 0.15) is 17.5 Å². The summed E-state index contributed by atoms with van der Waals surface area (Å²) >= 11 is 0. The van der Waals surface area contributed by atoms with E-state index in [9.17, 15) is 26.3 Å². The summed E-state index contributed by atoms with van der Waals surface area (Å²) in [5.74, 6) is -5.35. The van der Waals surface area contributed by atoms with Crippen LogP contribution in [0.3, 0.4) is 0 Å². The average molecular weight is 519 g/mol. The Morgan fingerprint density at radius 3 is 2.11 bits per heavy atom. The normalized spacial score (nSPS) is 18.6. The number of benzene rings is 2. The molecule has 4 rings (SSSR count). The molecule has 37 heavy (non-hydrogen) atoms. The zero-order chi connectivity index (χ0) is 26.5. The van der Waals surface area contributed by atoms with Crippen molar-refractivity contribution in [3.05, 3.63) is 88.8 Å². The van der Waals surface area contributed by atoms with E-state index in [0.29, 0.717) is 35.7 Å². The molecule has 1 aromatic heterocycles. The molecule has 1 saturated carbocycles. The molecule has 1 aliphatic rings. The summed E-state index contributed by atoms with van der Waals surface area (Å²) in [5.41, 5.74) is 0.990. The maximum atomic E-state index is 14.6. The Labute approximate surface area is 212 Å². The molecule has 1 aliphatic carbocycles. The fraction of sp³-hybridized carbons (Fsp3) is 0.379. The summed E-state index contributed by atoms with van der Waals surface area (Å²) in [6, 6.07) is 5.88. The summed E-state index contributed by atoms with van der Waals surface area (Å²) in [6.07, 6.45) is 8.20. The third-order valence-electron chi connectivity index (χ3n) is 7.05. The molecule has 0 bridgehead atoms. The SMILES string of the molecule is CCCC(F)=C(F)c1ccc(-c2cnc(CCC3CCC(c4cc(F)c(F)c(F)c4)CC3)nc2)c(F)c1. The highest BCUT2D eigenvalue weighted by atomic mass is 19.2. The van der Waals surface area contributed by atoms with E-state index in [4.69, 9.17) is 0 Å². The van der Waals surface area contributed by atoms with E-state index in [1.54, 1.807) is 6.92 Å². The quantitative estimate of drug-likeness (QED) is 0.220. The Kier molecular flexibility index (Phi) is 8.67. The number of hydrogen-bond donors (Lipinski definition) is 0. The van der Waals surface area contributed by atoms with Crippen LogP contribution in [-0.4, -0.2) is 9.97 Å². The molecular formula is C29H28F6N2. The molecule has 0 amide bonds. The smallest absolute Gasteiger partial charge is 0.194 e. The first-order valence-corrected chi connectivity index (χ1v) is 12.6. The minimum absolute atomic E-state index is 0.00442. The van der Waals surface area contributed by atoms with Gasteiger partial charge in [-0.15, -0.1) is 0 Å². The second-order valence-electron chi connectivity index (χ2n) is 9.61. The lowest BCUT2D eigenvalue weighted by Crippen LogP contribution is -2.15. The van der Waals surface area contributed by atoms with Crippen molar-refractivity contribution in [3.63, 3.8) is 0 Å². The number of aromatic nitrogens is 2. The van der Waals surface area contributed by atoms with E-state index in [2.05, 4.69) is 9.97 Å². The number of hydrogen-bond acceptors (Lipinski definition) is 2. The van der Waals surface area contributed by atoms with Gasteiger partial charge in [-0.2, -0.15) is 0 Å². The Hall–Kier alpha value is -3.16. The van der Waals surface area contributed by atoms with E-state index in [0.717, 1.165) is 50.3 Å². The first kappa shape index (κ1) is 26.9. The molecule has 1 fully saturated rings. The van der Waals surface area contributed by atoms with Crippen LogP contribution < -0.4 is 0 Å². The van der Waals surface area contributed by atoms with Gasteiger partial charge in [0.05, 0.1) is 0 Å². The van der Waals surface area contributed by atoms with E-state index < -0.39 is 34.9 Å². The lowest BCUT2D eigenvalue weighted by molar-refractivity contribution is 0.307. The van der Waals surface area contributed by atoms with E-state index in [1.165, 1.54) is 24.5 Å². The van der Waals surface area contributed by atoms with E-state index >= 15 is 0 Å². The van der Waals surface area contributed by atoms with Crippen LogP contribution in [0.2, 0.25) is 0 Å². The van der Waals surface area contributed by atoms with Gasteiger partial charge in [0.25, 0.3) is 0 Å². The monoisotopic (exact) mass is 518 g/mol. The summed E-state index contributed by atoms with van der Waals surface area (Å²) in [6.45, 7) is 1.73. The average Bonchev–Trinajstić information content (AvgIpc) is 2.90. The van der Waals surface area contributed by atoms with Crippen LogP contribution in [-0.2, 0) is 6.42 Å². The van der Waals surface area contributed by atoms with Gasteiger partial charge in [0.2, 0.25) is 0 Å². The Bertz CT molecular complexity index is 1240. The molecule has 1 heterocycles. The van der Waals surface area contributed by atoms with E-state index in [-0.39, 0.29) is 23.5 Å². The van der Waals surface area contributed by atoms with Crippen LogP contribution in [0.4, 0.5) is 26.3 Å². The molecule has 8 heteroatoms. The number of allylic oxidation sites excluding steroid dienone is 1. The first-order valence-electron chi connectivity index (χ1n) is 12.6. The van der Waals surface area contributed by atoms with Crippen molar-refractivity contribution < 1.29 is 26.3 Å². The van der Waals surface area contributed by atoms with Crippen molar-refractivity contribution in [2.45, 2.75) is 64.2 Å². The molecule has 2 aromatic carbocycles. The van der Waals surface area contributed by atoms with Crippen LogP contribution in [0.15, 0.2) is 48.6 Å². The van der Waals surface area contributed by atoms with Crippen molar-refractivity contribution in [2.75, 3.05) is 0 Å². The summed E-state index contributed by atoms with van der Waals surface area (Å²) in [4.78, 5) is 8.68. The summed E-state index contributed by atoms with van der Waals surface area (Å²) < 4.78 is 82.9. The molecule has 0 atom stereocenters.